The van der Waals surface area contributed by atoms with E-state index in [1.807, 2.05) is 75.4 Å². The Morgan fingerprint density at radius 2 is 1.72 bits per heavy atom. The fourth-order valence-corrected chi connectivity index (χ4v) is 2.51. The second-order valence-electron chi connectivity index (χ2n) is 6.38. The Hall–Kier alpha value is -2.95. The molecule has 128 valence electrons. The lowest BCUT2D eigenvalue weighted by atomic mass is 10.0. The van der Waals surface area contributed by atoms with Crippen molar-refractivity contribution in [2.75, 3.05) is 0 Å². The molecule has 1 atom stereocenters. The van der Waals surface area contributed by atoms with Gasteiger partial charge in [0.25, 0.3) is 5.91 Å². The Kier molecular flexibility index (Phi) is 4.93. The molecule has 25 heavy (non-hydrogen) atoms. The second-order valence-corrected chi connectivity index (χ2v) is 6.38. The maximum absolute atomic E-state index is 12.5. The zero-order chi connectivity index (χ0) is 17.8. The first-order valence-corrected chi connectivity index (χ1v) is 8.31. The van der Waals surface area contributed by atoms with Gasteiger partial charge in [-0.25, -0.2) is 0 Å². The van der Waals surface area contributed by atoms with Gasteiger partial charge in [-0.1, -0.05) is 67.0 Å². The molecule has 0 saturated carbocycles. The average Bonchev–Trinajstić information content (AvgIpc) is 3.10. The van der Waals surface area contributed by atoms with Crippen LogP contribution in [0.3, 0.4) is 0 Å². The maximum atomic E-state index is 12.5. The third-order valence-electron chi connectivity index (χ3n) is 4.01. The number of hydrogen-bond donors (Lipinski definition) is 1. The molecule has 2 aromatic carbocycles. The fourth-order valence-electron chi connectivity index (χ4n) is 2.51. The number of carbonyl (C=O) groups is 1. The number of nitrogens with one attached hydrogen (secondary N) is 1. The van der Waals surface area contributed by atoms with Crippen molar-refractivity contribution in [3.05, 3.63) is 71.6 Å². The number of carbonyl (C=O) groups excluding carboxylic acids is 1. The van der Waals surface area contributed by atoms with Crippen molar-refractivity contribution in [2.45, 2.75) is 26.8 Å². The van der Waals surface area contributed by atoms with Crippen LogP contribution in [0.1, 0.15) is 41.7 Å². The standard InChI is InChI=1S/C20H21N3O2/c1-13(2)17(21-19(24)16-11-9-14(3)10-12-16)20-22-18(23-25-20)15-7-5-4-6-8-15/h4-13,17H,1-3H3,(H,21,24)/t17-/m0/s1. The minimum atomic E-state index is -0.348. The van der Waals surface area contributed by atoms with Crippen molar-refractivity contribution in [2.24, 2.45) is 5.92 Å². The highest BCUT2D eigenvalue weighted by Crippen LogP contribution is 2.24. The van der Waals surface area contributed by atoms with Crippen LogP contribution in [0.25, 0.3) is 11.4 Å². The lowest BCUT2D eigenvalue weighted by Crippen LogP contribution is -2.32. The van der Waals surface area contributed by atoms with E-state index < -0.39 is 0 Å². The molecule has 5 heteroatoms. The number of rotatable bonds is 5. The highest BCUT2D eigenvalue weighted by atomic mass is 16.5. The first-order valence-electron chi connectivity index (χ1n) is 8.31. The third-order valence-corrected chi connectivity index (χ3v) is 4.01. The van der Waals surface area contributed by atoms with Crippen LogP contribution in [0, 0.1) is 12.8 Å². The van der Waals surface area contributed by atoms with Gasteiger partial charge in [0, 0.05) is 11.1 Å². The summed E-state index contributed by atoms with van der Waals surface area (Å²) in [5, 5.41) is 7.04. The summed E-state index contributed by atoms with van der Waals surface area (Å²) in [5.41, 5.74) is 2.60. The number of benzene rings is 2. The van der Waals surface area contributed by atoms with Crippen LogP contribution in [0.15, 0.2) is 59.1 Å². The van der Waals surface area contributed by atoms with Gasteiger partial charge in [-0.2, -0.15) is 4.98 Å². The van der Waals surface area contributed by atoms with Gasteiger partial charge in [-0.05, 0) is 25.0 Å². The van der Waals surface area contributed by atoms with E-state index in [2.05, 4.69) is 15.5 Å². The highest BCUT2D eigenvalue weighted by Gasteiger charge is 2.25. The zero-order valence-corrected chi connectivity index (χ0v) is 14.6. The molecule has 0 saturated heterocycles. The molecule has 3 rings (SSSR count). The SMILES string of the molecule is Cc1ccc(C(=O)N[C@H](c2nc(-c3ccccc3)no2)C(C)C)cc1. The monoisotopic (exact) mass is 335 g/mol. The smallest absolute Gasteiger partial charge is 0.251 e. The van der Waals surface area contributed by atoms with Crippen LogP contribution in [-0.2, 0) is 0 Å². The van der Waals surface area contributed by atoms with Crippen molar-refractivity contribution in [1.82, 2.24) is 15.5 Å². The second kappa shape index (κ2) is 7.30. The van der Waals surface area contributed by atoms with Crippen molar-refractivity contribution in [3.8, 4) is 11.4 Å². The first-order chi connectivity index (χ1) is 12.0. The van der Waals surface area contributed by atoms with E-state index in [1.54, 1.807) is 0 Å². The normalized spacial score (nSPS) is 12.2. The molecular formula is C20H21N3O2. The van der Waals surface area contributed by atoms with Crippen LogP contribution < -0.4 is 5.32 Å². The molecule has 0 unspecified atom stereocenters. The quantitative estimate of drug-likeness (QED) is 0.760. The predicted molar refractivity (Wildman–Crippen MR) is 96.0 cm³/mol. The molecule has 0 aliphatic heterocycles. The Labute approximate surface area is 147 Å². The largest absolute Gasteiger partial charge is 0.340 e. The Bertz CT molecular complexity index is 839. The van der Waals surface area contributed by atoms with E-state index >= 15 is 0 Å². The summed E-state index contributed by atoms with van der Waals surface area (Å²) in [6.07, 6.45) is 0. The molecule has 1 aromatic heterocycles. The summed E-state index contributed by atoms with van der Waals surface area (Å²) >= 11 is 0. The first kappa shape index (κ1) is 16.9. The van der Waals surface area contributed by atoms with Crippen LogP contribution in [0.2, 0.25) is 0 Å². The maximum Gasteiger partial charge on any atom is 0.251 e. The predicted octanol–water partition coefficient (Wildman–Crippen LogP) is 4.17. The van der Waals surface area contributed by atoms with Gasteiger partial charge in [0.1, 0.15) is 6.04 Å². The van der Waals surface area contributed by atoms with E-state index in [-0.39, 0.29) is 17.9 Å². The van der Waals surface area contributed by atoms with Gasteiger partial charge in [0.15, 0.2) is 0 Å². The molecule has 0 aliphatic rings. The molecule has 1 N–H and O–H groups in total. The Morgan fingerprint density at radius 1 is 1.04 bits per heavy atom. The van der Waals surface area contributed by atoms with Gasteiger partial charge < -0.3 is 9.84 Å². The van der Waals surface area contributed by atoms with Gasteiger partial charge in [-0.3, -0.25) is 4.79 Å². The molecule has 1 heterocycles. The molecular weight excluding hydrogens is 314 g/mol. The average molecular weight is 335 g/mol. The lowest BCUT2D eigenvalue weighted by molar-refractivity contribution is 0.0914. The number of aromatic nitrogens is 2. The number of aryl methyl sites for hydroxylation is 1. The molecule has 1 amide bonds. The Morgan fingerprint density at radius 3 is 2.36 bits per heavy atom. The number of amides is 1. The number of hydrogen-bond acceptors (Lipinski definition) is 4. The summed E-state index contributed by atoms with van der Waals surface area (Å²) in [5.74, 6) is 0.886. The fraction of sp³-hybridized carbons (Fsp3) is 0.250. The van der Waals surface area contributed by atoms with Crippen molar-refractivity contribution in [1.29, 1.82) is 0 Å². The highest BCUT2D eigenvalue weighted by molar-refractivity contribution is 5.94. The lowest BCUT2D eigenvalue weighted by Gasteiger charge is -2.18. The molecule has 3 aromatic rings. The topological polar surface area (TPSA) is 68.0 Å². The Balaban J connectivity index is 1.81. The molecule has 0 aliphatic carbocycles. The molecule has 5 nitrogen and oxygen atoms in total. The molecule has 0 fully saturated rings. The minimum Gasteiger partial charge on any atom is -0.340 e. The van der Waals surface area contributed by atoms with Crippen molar-refractivity contribution in [3.63, 3.8) is 0 Å². The van der Waals surface area contributed by atoms with Crippen LogP contribution >= 0.6 is 0 Å². The van der Waals surface area contributed by atoms with E-state index in [0.717, 1.165) is 11.1 Å². The van der Waals surface area contributed by atoms with Crippen LogP contribution in [0.5, 0.6) is 0 Å². The minimum absolute atomic E-state index is 0.110. The van der Waals surface area contributed by atoms with Gasteiger partial charge >= 0.3 is 0 Å². The summed E-state index contributed by atoms with van der Waals surface area (Å²) in [6.45, 7) is 6.00. The summed E-state index contributed by atoms with van der Waals surface area (Å²) in [7, 11) is 0. The molecule has 0 radical (unpaired) electrons. The molecule has 0 spiro atoms. The van der Waals surface area contributed by atoms with Gasteiger partial charge in [0.2, 0.25) is 11.7 Å². The summed E-state index contributed by atoms with van der Waals surface area (Å²) < 4.78 is 5.42. The number of nitrogens with zero attached hydrogens (tertiary/aromatic N) is 2. The van der Waals surface area contributed by atoms with E-state index in [1.165, 1.54) is 0 Å². The zero-order valence-electron chi connectivity index (χ0n) is 14.6. The van der Waals surface area contributed by atoms with Crippen LogP contribution in [-0.4, -0.2) is 16.0 Å². The summed E-state index contributed by atoms with van der Waals surface area (Å²) in [6, 6.07) is 16.7. The van der Waals surface area contributed by atoms with E-state index in [0.29, 0.717) is 17.3 Å². The van der Waals surface area contributed by atoms with Gasteiger partial charge in [-0.15, -0.1) is 0 Å². The van der Waals surface area contributed by atoms with E-state index in [4.69, 9.17) is 4.52 Å². The summed E-state index contributed by atoms with van der Waals surface area (Å²) in [4.78, 5) is 17.0. The van der Waals surface area contributed by atoms with Crippen molar-refractivity contribution >= 4 is 5.91 Å². The molecule has 0 bridgehead atoms. The van der Waals surface area contributed by atoms with E-state index in [9.17, 15) is 4.79 Å². The third kappa shape index (κ3) is 3.94. The van der Waals surface area contributed by atoms with Crippen LogP contribution in [0.4, 0.5) is 0 Å². The van der Waals surface area contributed by atoms with Crippen molar-refractivity contribution < 1.29 is 9.32 Å². The van der Waals surface area contributed by atoms with Gasteiger partial charge in [0.05, 0.1) is 0 Å².